The molecule has 0 aromatic rings. The third-order valence-electron chi connectivity index (χ3n) is 2.30. The van der Waals surface area contributed by atoms with Gasteiger partial charge in [0.05, 0.1) is 6.61 Å². The highest BCUT2D eigenvalue weighted by molar-refractivity contribution is 8.05. The van der Waals surface area contributed by atoms with Gasteiger partial charge in [0.1, 0.15) is 0 Å². The van der Waals surface area contributed by atoms with E-state index < -0.39 is 0 Å². The van der Waals surface area contributed by atoms with Gasteiger partial charge >= 0.3 is 0 Å². The minimum absolute atomic E-state index is 0.188. The summed E-state index contributed by atoms with van der Waals surface area (Å²) < 4.78 is 0. The maximum atomic E-state index is 9.33. The van der Waals surface area contributed by atoms with Gasteiger partial charge in [-0.2, -0.15) is 35.3 Å². The van der Waals surface area contributed by atoms with Gasteiger partial charge in [0, 0.05) is 41.1 Å². The predicted octanol–water partition coefficient (Wildman–Crippen LogP) is 1.92. The van der Waals surface area contributed by atoms with Crippen LogP contribution in [0.3, 0.4) is 0 Å². The van der Waals surface area contributed by atoms with Crippen LogP contribution in [-0.2, 0) is 0 Å². The van der Waals surface area contributed by atoms with E-state index >= 15 is 0 Å². The van der Waals surface area contributed by atoms with Gasteiger partial charge in [-0.3, -0.25) is 0 Å². The van der Waals surface area contributed by atoms with Gasteiger partial charge < -0.3 is 15.3 Å². The molecule has 0 spiro atoms. The van der Waals surface area contributed by atoms with Crippen molar-refractivity contribution in [3.63, 3.8) is 0 Å². The first-order valence-electron chi connectivity index (χ1n) is 6.48. The number of halogens is 1. The van der Waals surface area contributed by atoms with Crippen molar-refractivity contribution >= 4 is 46.9 Å². The van der Waals surface area contributed by atoms with Crippen LogP contribution in [0.25, 0.3) is 0 Å². The summed E-state index contributed by atoms with van der Waals surface area (Å²) in [7, 11) is 0. The van der Waals surface area contributed by atoms with Crippen LogP contribution in [0.1, 0.15) is 12.8 Å². The standard InChI is InChI=1S/C12H25ClO3S3/c13-7-11(18-6-2-4-15)10-19-12(8-16)9-17-5-1-3-14/h11-12,14-16H,1-10H2. The SMILES string of the molecule is OCCCSCC(CO)SCC(CCl)SCCCO. The third-order valence-corrected chi connectivity index (χ3v) is 7.20. The van der Waals surface area contributed by atoms with Gasteiger partial charge in [0.2, 0.25) is 0 Å². The summed E-state index contributed by atoms with van der Waals surface area (Å²) in [6.45, 7) is 0.656. The lowest BCUT2D eigenvalue weighted by Crippen LogP contribution is -2.18. The quantitative estimate of drug-likeness (QED) is 0.329. The van der Waals surface area contributed by atoms with E-state index in [-0.39, 0.29) is 25.1 Å². The van der Waals surface area contributed by atoms with E-state index in [4.69, 9.17) is 21.8 Å². The number of thioether (sulfide) groups is 3. The summed E-state index contributed by atoms with van der Waals surface area (Å²) in [5.74, 6) is 4.34. The molecule has 2 atom stereocenters. The van der Waals surface area contributed by atoms with Crippen LogP contribution in [0.4, 0.5) is 0 Å². The fourth-order valence-corrected chi connectivity index (χ4v) is 5.33. The molecule has 0 heterocycles. The van der Waals surface area contributed by atoms with Crippen molar-refractivity contribution in [1.29, 1.82) is 0 Å². The maximum Gasteiger partial charge on any atom is 0.0558 e. The van der Waals surface area contributed by atoms with Crippen molar-refractivity contribution in [2.24, 2.45) is 0 Å². The van der Waals surface area contributed by atoms with Crippen molar-refractivity contribution in [2.45, 2.75) is 23.3 Å². The Hall–Kier alpha value is 1.22. The summed E-state index contributed by atoms with van der Waals surface area (Å²) >= 11 is 11.3. The second-order valence-electron chi connectivity index (χ2n) is 4.01. The van der Waals surface area contributed by atoms with E-state index in [0.717, 1.165) is 35.9 Å². The molecule has 3 N–H and O–H groups in total. The molecule has 7 heteroatoms. The summed E-state index contributed by atoms with van der Waals surface area (Å²) in [5, 5.41) is 27.4. The van der Waals surface area contributed by atoms with Crippen LogP contribution >= 0.6 is 46.9 Å². The lowest BCUT2D eigenvalue weighted by atomic mass is 10.5. The molecule has 0 fully saturated rings. The van der Waals surface area contributed by atoms with Crippen LogP contribution in [0, 0.1) is 0 Å². The zero-order valence-corrected chi connectivity index (χ0v) is 14.4. The molecule has 0 aliphatic rings. The predicted molar refractivity (Wildman–Crippen MR) is 91.0 cm³/mol. The van der Waals surface area contributed by atoms with Gasteiger partial charge in [0.25, 0.3) is 0 Å². The van der Waals surface area contributed by atoms with Crippen molar-refractivity contribution in [3.8, 4) is 0 Å². The molecule has 0 rings (SSSR count). The monoisotopic (exact) mass is 348 g/mol. The Kier molecular flexibility index (Phi) is 16.6. The highest BCUT2D eigenvalue weighted by Gasteiger charge is 2.13. The lowest BCUT2D eigenvalue weighted by Gasteiger charge is -2.18. The van der Waals surface area contributed by atoms with Crippen molar-refractivity contribution in [3.05, 3.63) is 0 Å². The Morgan fingerprint density at radius 3 is 2.11 bits per heavy atom. The zero-order chi connectivity index (χ0) is 14.3. The molecule has 0 saturated heterocycles. The van der Waals surface area contributed by atoms with Crippen molar-refractivity contribution in [1.82, 2.24) is 0 Å². The molecule has 0 aromatic heterocycles. The Morgan fingerprint density at radius 1 is 0.842 bits per heavy atom. The largest absolute Gasteiger partial charge is 0.396 e. The lowest BCUT2D eigenvalue weighted by molar-refractivity contribution is 0.296. The van der Waals surface area contributed by atoms with E-state index in [2.05, 4.69) is 0 Å². The van der Waals surface area contributed by atoms with Crippen molar-refractivity contribution < 1.29 is 15.3 Å². The highest BCUT2D eigenvalue weighted by atomic mass is 35.5. The average molecular weight is 349 g/mol. The Balaban J connectivity index is 3.70. The van der Waals surface area contributed by atoms with Gasteiger partial charge in [-0.1, -0.05) is 0 Å². The van der Waals surface area contributed by atoms with Gasteiger partial charge in [-0.05, 0) is 24.3 Å². The first-order valence-corrected chi connectivity index (χ1v) is 10.3. The van der Waals surface area contributed by atoms with Crippen LogP contribution in [-0.4, -0.2) is 74.5 Å². The van der Waals surface area contributed by atoms with Crippen LogP contribution in [0.5, 0.6) is 0 Å². The average Bonchev–Trinajstić information content (AvgIpc) is 2.44. The molecule has 0 aliphatic carbocycles. The summed E-state index contributed by atoms with van der Waals surface area (Å²) in [4.78, 5) is 0. The first-order chi connectivity index (χ1) is 9.28. The van der Waals surface area contributed by atoms with Crippen molar-refractivity contribution in [2.75, 3.05) is 48.7 Å². The molecule has 0 saturated carbocycles. The Labute approximate surface area is 134 Å². The van der Waals surface area contributed by atoms with Crippen LogP contribution in [0.2, 0.25) is 0 Å². The van der Waals surface area contributed by atoms with E-state index in [9.17, 15) is 5.11 Å². The molecule has 0 radical (unpaired) electrons. The van der Waals surface area contributed by atoms with Crippen LogP contribution < -0.4 is 0 Å². The molecular formula is C12H25ClO3S3. The number of aliphatic hydroxyl groups is 3. The molecule has 0 bridgehead atoms. The molecule has 0 amide bonds. The number of hydrogen-bond donors (Lipinski definition) is 3. The second-order valence-corrected chi connectivity index (χ2v) is 8.21. The number of aliphatic hydroxyl groups excluding tert-OH is 3. The van der Waals surface area contributed by atoms with Crippen LogP contribution in [0.15, 0.2) is 0 Å². The maximum absolute atomic E-state index is 9.33. The Morgan fingerprint density at radius 2 is 1.53 bits per heavy atom. The zero-order valence-electron chi connectivity index (χ0n) is 11.2. The fourth-order valence-electron chi connectivity index (χ4n) is 1.23. The second kappa shape index (κ2) is 15.6. The molecule has 19 heavy (non-hydrogen) atoms. The summed E-state index contributed by atoms with van der Waals surface area (Å²) in [5.41, 5.74) is 0. The van der Waals surface area contributed by atoms with Gasteiger partial charge in [-0.25, -0.2) is 0 Å². The van der Waals surface area contributed by atoms with Gasteiger partial charge in [0.15, 0.2) is 0 Å². The smallest absolute Gasteiger partial charge is 0.0558 e. The minimum Gasteiger partial charge on any atom is -0.396 e. The Bertz CT molecular complexity index is 190. The summed E-state index contributed by atoms with van der Waals surface area (Å²) in [6, 6.07) is 0. The van der Waals surface area contributed by atoms with E-state index in [1.54, 1.807) is 35.3 Å². The minimum atomic E-state index is 0.188. The molecule has 116 valence electrons. The van der Waals surface area contributed by atoms with E-state index in [1.165, 1.54) is 0 Å². The topological polar surface area (TPSA) is 60.7 Å². The fraction of sp³-hybridized carbons (Fsp3) is 1.00. The molecule has 2 unspecified atom stereocenters. The first kappa shape index (κ1) is 20.2. The molecule has 0 aliphatic heterocycles. The van der Waals surface area contributed by atoms with Gasteiger partial charge in [-0.15, -0.1) is 11.6 Å². The molecule has 0 aromatic carbocycles. The highest BCUT2D eigenvalue weighted by Crippen LogP contribution is 2.23. The number of hydrogen-bond acceptors (Lipinski definition) is 6. The normalized spacial score (nSPS) is 14.5. The van der Waals surface area contributed by atoms with E-state index in [0.29, 0.717) is 11.1 Å². The van der Waals surface area contributed by atoms with E-state index in [1.807, 2.05) is 0 Å². The molecular weight excluding hydrogens is 324 g/mol. The molecule has 3 nitrogen and oxygen atoms in total. The number of alkyl halides is 1. The summed E-state index contributed by atoms with van der Waals surface area (Å²) in [6.07, 6.45) is 1.62. The third kappa shape index (κ3) is 12.7. The number of rotatable bonds is 14.